The second-order valence-corrected chi connectivity index (χ2v) is 6.13. The third kappa shape index (κ3) is 5.41. The minimum atomic E-state index is -0.229. The van der Waals surface area contributed by atoms with Gasteiger partial charge in [-0.05, 0) is 36.6 Å². The van der Waals surface area contributed by atoms with E-state index in [4.69, 9.17) is 20.8 Å². The van der Waals surface area contributed by atoms with Crippen LogP contribution in [0, 0.1) is 5.92 Å². The number of nitrogens with one attached hydrogen (secondary N) is 1. The zero-order chi connectivity index (χ0) is 16.7. The molecule has 0 radical (unpaired) electrons. The molecular formula is C18H22ClNO3. The smallest absolute Gasteiger partial charge is 0.287 e. The van der Waals surface area contributed by atoms with Crippen molar-refractivity contribution in [1.29, 1.82) is 0 Å². The summed E-state index contributed by atoms with van der Waals surface area (Å²) >= 11 is 6.13. The first-order valence-electron chi connectivity index (χ1n) is 7.78. The number of carbonyl (C=O) groups excluding carboxylic acids is 1. The second-order valence-electron chi connectivity index (χ2n) is 5.72. The number of benzene rings is 1. The summed E-state index contributed by atoms with van der Waals surface area (Å²) in [5, 5.41) is 3.41. The van der Waals surface area contributed by atoms with Gasteiger partial charge in [0.15, 0.2) is 5.76 Å². The van der Waals surface area contributed by atoms with Crippen molar-refractivity contribution < 1.29 is 13.9 Å². The monoisotopic (exact) mass is 335 g/mol. The number of carbonyl (C=O) groups is 1. The average Bonchev–Trinajstić information content (AvgIpc) is 3.00. The topological polar surface area (TPSA) is 51.5 Å². The molecule has 0 bridgehead atoms. The van der Waals surface area contributed by atoms with E-state index in [-0.39, 0.29) is 11.7 Å². The third-order valence-electron chi connectivity index (χ3n) is 3.17. The predicted molar refractivity (Wildman–Crippen MR) is 91.8 cm³/mol. The van der Waals surface area contributed by atoms with Crippen LogP contribution in [0.2, 0.25) is 5.02 Å². The van der Waals surface area contributed by atoms with Crippen LogP contribution in [0.3, 0.4) is 0 Å². The van der Waals surface area contributed by atoms with E-state index in [0.717, 1.165) is 18.6 Å². The molecule has 1 amide bonds. The highest BCUT2D eigenvalue weighted by atomic mass is 35.5. The van der Waals surface area contributed by atoms with Crippen molar-refractivity contribution in [2.45, 2.75) is 20.3 Å². The minimum absolute atomic E-state index is 0.229. The molecule has 4 nitrogen and oxygen atoms in total. The molecule has 124 valence electrons. The van der Waals surface area contributed by atoms with E-state index in [1.807, 2.05) is 18.2 Å². The van der Waals surface area contributed by atoms with Crippen LogP contribution < -0.4 is 5.32 Å². The summed E-state index contributed by atoms with van der Waals surface area (Å²) in [6, 6.07) is 10.8. The highest BCUT2D eigenvalue weighted by Gasteiger charge is 2.13. The first-order chi connectivity index (χ1) is 11.1. The molecule has 0 fully saturated rings. The Bertz CT molecular complexity index is 637. The molecule has 0 aliphatic rings. The summed E-state index contributed by atoms with van der Waals surface area (Å²) in [6.45, 7) is 6.15. The van der Waals surface area contributed by atoms with E-state index in [2.05, 4.69) is 19.2 Å². The van der Waals surface area contributed by atoms with Gasteiger partial charge in [0, 0.05) is 25.3 Å². The van der Waals surface area contributed by atoms with Gasteiger partial charge < -0.3 is 14.5 Å². The Hall–Kier alpha value is -1.78. The van der Waals surface area contributed by atoms with Crippen LogP contribution in [0.15, 0.2) is 40.8 Å². The molecule has 1 N–H and O–H groups in total. The van der Waals surface area contributed by atoms with Gasteiger partial charge in [0.2, 0.25) is 0 Å². The summed E-state index contributed by atoms with van der Waals surface area (Å²) in [5.41, 5.74) is 0.773. The minimum Gasteiger partial charge on any atom is -0.451 e. The first kappa shape index (κ1) is 17.6. The molecule has 1 aromatic heterocycles. The lowest BCUT2D eigenvalue weighted by atomic mass is 10.2. The molecule has 0 aliphatic carbocycles. The van der Waals surface area contributed by atoms with Gasteiger partial charge in [-0.25, -0.2) is 0 Å². The van der Waals surface area contributed by atoms with Gasteiger partial charge in [-0.1, -0.05) is 37.6 Å². The van der Waals surface area contributed by atoms with E-state index in [0.29, 0.717) is 29.9 Å². The molecular weight excluding hydrogens is 314 g/mol. The second kappa shape index (κ2) is 8.75. The normalized spacial score (nSPS) is 11.0. The Morgan fingerprint density at radius 2 is 2.04 bits per heavy atom. The maximum absolute atomic E-state index is 12.0. The van der Waals surface area contributed by atoms with E-state index in [1.54, 1.807) is 18.2 Å². The predicted octanol–water partition coefficient (Wildman–Crippen LogP) is 4.39. The number of ether oxygens (including phenoxy) is 1. The lowest BCUT2D eigenvalue weighted by Gasteiger charge is -2.07. The van der Waals surface area contributed by atoms with Crippen molar-refractivity contribution in [2.75, 3.05) is 19.8 Å². The Kier molecular flexibility index (Phi) is 6.68. The molecule has 0 aliphatic heterocycles. The Morgan fingerprint density at radius 3 is 2.78 bits per heavy atom. The fourth-order valence-corrected chi connectivity index (χ4v) is 2.28. The van der Waals surface area contributed by atoms with Crippen molar-refractivity contribution in [3.8, 4) is 11.3 Å². The van der Waals surface area contributed by atoms with E-state index < -0.39 is 0 Å². The summed E-state index contributed by atoms with van der Waals surface area (Å²) in [4.78, 5) is 12.0. The van der Waals surface area contributed by atoms with Crippen molar-refractivity contribution >= 4 is 17.5 Å². The average molecular weight is 336 g/mol. The van der Waals surface area contributed by atoms with Crippen LogP contribution in [-0.2, 0) is 4.74 Å². The van der Waals surface area contributed by atoms with Crippen LogP contribution in [0.25, 0.3) is 11.3 Å². The largest absolute Gasteiger partial charge is 0.451 e. The van der Waals surface area contributed by atoms with Crippen LogP contribution >= 0.6 is 11.6 Å². The number of hydrogen-bond acceptors (Lipinski definition) is 3. The molecule has 1 heterocycles. The molecule has 0 saturated heterocycles. The van der Waals surface area contributed by atoms with Crippen LogP contribution in [0.1, 0.15) is 30.8 Å². The fourth-order valence-electron chi connectivity index (χ4n) is 2.05. The quantitative estimate of drug-likeness (QED) is 0.728. The zero-order valence-electron chi connectivity index (χ0n) is 13.5. The van der Waals surface area contributed by atoms with E-state index >= 15 is 0 Å². The van der Waals surface area contributed by atoms with Crippen LogP contribution in [0.5, 0.6) is 0 Å². The Morgan fingerprint density at radius 1 is 1.26 bits per heavy atom. The molecule has 2 rings (SSSR count). The van der Waals surface area contributed by atoms with Crippen LogP contribution in [0.4, 0.5) is 0 Å². The number of hydrogen-bond donors (Lipinski definition) is 1. The number of halogens is 1. The lowest BCUT2D eigenvalue weighted by molar-refractivity contribution is 0.0901. The van der Waals surface area contributed by atoms with Gasteiger partial charge >= 0.3 is 0 Å². The maximum Gasteiger partial charge on any atom is 0.287 e. The van der Waals surface area contributed by atoms with Gasteiger partial charge in [-0.2, -0.15) is 0 Å². The first-order valence-corrected chi connectivity index (χ1v) is 8.16. The number of amides is 1. The molecule has 5 heteroatoms. The van der Waals surface area contributed by atoms with Crippen molar-refractivity contribution in [3.63, 3.8) is 0 Å². The molecule has 0 spiro atoms. The number of rotatable bonds is 8. The van der Waals surface area contributed by atoms with E-state index in [9.17, 15) is 4.79 Å². The van der Waals surface area contributed by atoms with Gasteiger partial charge in [-0.3, -0.25) is 4.79 Å². The van der Waals surface area contributed by atoms with Crippen molar-refractivity contribution in [2.24, 2.45) is 5.92 Å². The Labute approximate surface area is 141 Å². The van der Waals surface area contributed by atoms with Gasteiger partial charge in [-0.15, -0.1) is 0 Å². The number of furan rings is 1. The van der Waals surface area contributed by atoms with Gasteiger partial charge in [0.1, 0.15) is 5.76 Å². The molecule has 1 aromatic carbocycles. The SMILES string of the molecule is CC(C)COCCCNC(=O)c1ccc(-c2ccccc2Cl)o1. The van der Waals surface area contributed by atoms with Gasteiger partial charge in [0.25, 0.3) is 5.91 Å². The summed E-state index contributed by atoms with van der Waals surface area (Å²) in [7, 11) is 0. The fraction of sp³-hybridized carbons (Fsp3) is 0.389. The Balaban J connectivity index is 1.81. The summed E-state index contributed by atoms with van der Waals surface area (Å²) in [6.07, 6.45) is 0.774. The molecule has 23 heavy (non-hydrogen) atoms. The highest BCUT2D eigenvalue weighted by Crippen LogP contribution is 2.28. The standard InChI is InChI=1S/C18H22ClNO3/c1-13(2)12-22-11-5-10-20-18(21)17-9-8-16(23-17)14-6-3-4-7-15(14)19/h3-4,6-9,13H,5,10-12H2,1-2H3,(H,20,21). The van der Waals surface area contributed by atoms with Crippen molar-refractivity contribution in [3.05, 3.63) is 47.2 Å². The van der Waals surface area contributed by atoms with Gasteiger partial charge in [0.05, 0.1) is 5.02 Å². The third-order valence-corrected chi connectivity index (χ3v) is 3.50. The molecule has 0 atom stereocenters. The zero-order valence-corrected chi connectivity index (χ0v) is 14.2. The van der Waals surface area contributed by atoms with Crippen molar-refractivity contribution in [1.82, 2.24) is 5.32 Å². The lowest BCUT2D eigenvalue weighted by Crippen LogP contribution is -2.25. The van der Waals surface area contributed by atoms with Crippen LogP contribution in [-0.4, -0.2) is 25.7 Å². The highest BCUT2D eigenvalue weighted by molar-refractivity contribution is 6.33. The maximum atomic E-state index is 12.0. The molecule has 0 saturated carbocycles. The molecule has 0 unspecified atom stereocenters. The summed E-state index contributed by atoms with van der Waals surface area (Å²) in [5.74, 6) is 1.16. The molecule has 2 aromatic rings. The van der Waals surface area contributed by atoms with E-state index in [1.165, 1.54) is 0 Å². The summed E-state index contributed by atoms with van der Waals surface area (Å²) < 4.78 is 11.1.